The van der Waals surface area contributed by atoms with Gasteiger partial charge in [0.2, 0.25) is 0 Å². The lowest BCUT2D eigenvalue weighted by Crippen LogP contribution is -2.43. The number of aliphatic hydroxyl groups excluding tert-OH is 1. The number of H-pyrrole nitrogens is 1. The van der Waals surface area contributed by atoms with E-state index >= 15 is 0 Å². The Kier molecular flexibility index (Phi) is 5.45. The van der Waals surface area contributed by atoms with Gasteiger partial charge in [-0.05, 0) is 43.7 Å². The highest BCUT2D eigenvalue weighted by atomic mass is 16.5. The van der Waals surface area contributed by atoms with Crippen molar-refractivity contribution in [3.8, 4) is 17.1 Å². The van der Waals surface area contributed by atoms with E-state index in [0.29, 0.717) is 11.4 Å². The zero-order valence-corrected chi connectivity index (χ0v) is 16.1. The summed E-state index contributed by atoms with van der Waals surface area (Å²) in [5.41, 5.74) is 1.16. The number of methoxy groups -OCH3 is 1. The molecule has 3 heterocycles. The molecule has 7 nitrogen and oxygen atoms in total. The van der Waals surface area contributed by atoms with Gasteiger partial charge in [-0.25, -0.2) is 4.98 Å². The number of aromatic nitrogens is 3. The van der Waals surface area contributed by atoms with Crippen molar-refractivity contribution in [3.05, 3.63) is 47.0 Å². The lowest BCUT2D eigenvalue weighted by atomic mass is 10.0. The van der Waals surface area contributed by atoms with Gasteiger partial charge in [0.1, 0.15) is 11.6 Å². The molecule has 4 rings (SSSR count). The minimum absolute atomic E-state index is 0.156. The van der Waals surface area contributed by atoms with Crippen LogP contribution in [0, 0.1) is 0 Å². The van der Waals surface area contributed by atoms with Crippen LogP contribution in [0.1, 0.15) is 19.3 Å². The summed E-state index contributed by atoms with van der Waals surface area (Å²) >= 11 is 0. The predicted molar refractivity (Wildman–Crippen MR) is 109 cm³/mol. The number of hydrogen-bond donors (Lipinski definition) is 2. The maximum absolute atomic E-state index is 12.7. The number of ether oxygens (including phenoxy) is 1. The smallest absolute Gasteiger partial charge is 0.259 e. The molecule has 1 saturated heterocycles. The molecule has 0 spiro atoms. The maximum Gasteiger partial charge on any atom is 0.259 e. The van der Waals surface area contributed by atoms with Crippen LogP contribution < -0.4 is 10.3 Å². The highest BCUT2D eigenvalue weighted by Gasteiger charge is 2.21. The van der Waals surface area contributed by atoms with Crippen molar-refractivity contribution in [1.29, 1.82) is 0 Å². The minimum Gasteiger partial charge on any atom is -0.497 e. The van der Waals surface area contributed by atoms with Crippen molar-refractivity contribution in [3.63, 3.8) is 0 Å². The van der Waals surface area contributed by atoms with Crippen LogP contribution in [0.4, 0.5) is 0 Å². The van der Waals surface area contributed by atoms with Crippen molar-refractivity contribution in [2.45, 2.75) is 31.8 Å². The quantitative estimate of drug-likeness (QED) is 0.683. The van der Waals surface area contributed by atoms with Gasteiger partial charge in [-0.15, -0.1) is 0 Å². The number of nitrogens with zero attached hydrogens (tertiary/aromatic N) is 3. The summed E-state index contributed by atoms with van der Waals surface area (Å²) in [7, 11) is 1.63. The van der Waals surface area contributed by atoms with Crippen LogP contribution in [0.3, 0.4) is 0 Å². The average molecular weight is 382 g/mol. The Labute approximate surface area is 163 Å². The van der Waals surface area contributed by atoms with Crippen LogP contribution in [0.25, 0.3) is 22.3 Å². The summed E-state index contributed by atoms with van der Waals surface area (Å²) in [4.78, 5) is 22.4. The number of aromatic amines is 1. The van der Waals surface area contributed by atoms with Gasteiger partial charge >= 0.3 is 0 Å². The molecule has 0 bridgehead atoms. The molecule has 0 saturated carbocycles. The molecule has 0 amide bonds. The van der Waals surface area contributed by atoms with Gasteiger partial charge in [-0.3, -0.25) is 9.69 Å². The summed E-state index contributed by atoms with van der Waals surface area (Å²) in [5, 5.41) is 10.5. The molecule has 1 fully saturated rings. The molecular formula is C21H26N4O3. The number of hydrogen-bond acceptors (Lipinski definition) is 5. The highest BCUT2D eigenvalue weighted by Crippen LogP contribution is 2.23. The molecule has 7 heteroatoms. The van der Waals surface area contributed by atoms with Crippen LogP contribution in [0.2, 0.25) is 0 Å². The number of piperidine rings is 1. The molecule has 3 aromatic rings. The van der Waals surface area contributed by atoms with Crippen LogP contribution in [0.5, 0.6) is 5.75 Å². The van der Waals surface area contributed by atoms with Gasteiger partial charge in [0.05, 0.1) is 19.3 Å². The minimum atomic E-state index is -0.156. The van der Waals surface area contributed by atoms with E-state index in [-0.39, 0.29) is 18.2 Å². The molecule has 1 atom stereocenters. The van der Waals surface area contributed by atoms with E-state index < -0.39 is 0 Å². The van der Waals surface area contributed by atoms with Crippen molar-refractivity contribution in [1.82, 2.24) is 19.4 Å². The Hall–Kier alpha value is -2.64. The van der Waals surface area contributed by atoms with Crippen molar-refractivity contribution < 1.29 is 9.84 Å². The van der Waals surface area contributed by atoms with Crippen molar-refractivity contribution >= 4 is 10.9 Å². The van der Waals surface area contributed by atoms with E-state index in [9.17, 15) is 9.90 Å². The van der Waals surface area contributed by atoms with Crippen LogP contribution in [-0.2, 0) is 6.54 Å². The van der Waals surface area contributed by atoms with E-state index in [1.165, 1.54) is 12.8 Å². The molecule has 28 heavy (non-hydrogen) atoms. The number of imidazole rings is 1. The first-order valence-corrected chi connectivity index (χ1v) is 9.77. The molecule has 1 aliphatic rings. The maximum atomic E-state index is 12.7. The molecule has 1 aliphatic heterocycles. The molecule has 0 aliphatic carbocycles. The molecule has 0 radical (unpaired) electrons. The summed E-state index contributed by atoms with van der Waals surface area (Å²) in [6.45, 7) is 2.75. The second-order valence-electron chi connectivity index (χ2n) is 7.28. The summed E-state index contributed by atoms with van der Waals surface area (Å²) in [5.74, 6) is 1.40. The first-order valence-electron chi connectivity index (χ1n) is 9.77. The van der Waals surface area contributed by atoms with Gasteiger partial charge in [0.25, 0.3) is 5.56 Å². The topological polar surface area (TPSA) is 83.4 Å². The standard InChI is InChI=1S/C21H26N4O3/c1-28-17-5-6-19-15(12-17)13-18(21(27)23-19)20-22-7-9-25(20)11-10-24-8-3-2-4-16(24)14-26/h5-7,9,12-13,16,26H,2-4,8,10-11,14H2,1H3,(H,23,27). The third kappa shape index (κ3) is 3.68. The zero-order chi connectivity index (χ0) is 19.5. The van der Waals surface area contributed by atoms with Crippen molar-refractivity contribution in [2.24, 2.45) is 0 Å². The van der Waals surface area contributed by atoms with E-state index in [0.717, 1.165) is 42.7 Å². The van der Waals surface area contributed by atoms with Gasteiger partial charge in [-0.1, -0.05) is 6.42 Å². The third-order valence-electron chi connectivity index (χ3n) is 5.60. The number of fused-ring (bicyclic) bond motifs is 1. The molecule has 1 unspecified atom stereocenters. The predicted octanol–water partition coefficient (Wildman–Crippen LogP) is 2.25. The number of rotatable bonds is 6. The van der Waals surface area contributed by atoms with Gasteiger partial charge in [0, 0.05) is 42.4 Å². The zero-order valence-electron chi connectivity index (χ0n) is 16.1. The number of likely N-dealkylation sites (tertiary alicyclic amines) is 1. The number of nitrogens with one attached hydrogen (secondary N) is 1. The molecular weight excluding hydrogens is 356 g/mol. The lowest BCUT2D eigenvalue weighted by molar-refractivity contribution is 0.0873. The SMILES string of the molecule is COc1ccc2[nH]c(=O)c(-c3nccn3CCN3CCCCC3CO)cc2c1. The Morgan fingerprint density at radius 2 is 2.18 bits per heavy atom. The summed E-state index contributed by atoms with van der Waals surface area (Å²) < 4.78 is 7.31. The van der Waals surface area contributed by atoms with Crippen LogP contribution >= 0.6 is 0 Å². The van der Waals surface area contributed by atoms with Crippen LogP contribution in [0.15, 0.2) is 41.5 Å². The number of benzene rings is 1. The number of aliphatic hydroxyl groups is 1. The Morgan fingerprint density at radius 3 is 3.00 bits per heavy atom. The molecule has 2 N–H and O–H groups in total. The second-order valence-corrected chi connectivity index (χ2v) is 7.28. The van der Waals surface area contributed by atoms with E-state index in [1.807, 2.05) is 35.0 Å². The molecule has 148 valence electrons. The Bertz CT molecular complexity index is 1010. The van der Waals surface area contributed by atoms with E-state index in [4.69, 9.17) is 4.74 Å². The van der Waals surface area contributed by atoms with Gasteiger partial charge in [0.15, 0.2) is 0 Å². The Morgan fingerprint density at radius 1 is 1.29 bits per heavy atom. The Balaban J connectivity index is 1.61. The third-order valence-corrected chi connectivity index (χ3v) is 5.60. The monoisotopic (exact) mass is 382 g/mol. The summed E-state index contributed by atoms with van der Waals surface area (Å²) in [6.07, 6.45) is 7.01. The van der Waals surface area contributed by atoms with Crippen LogP contribution in [-0.4, -0.2) is 57.4 Å². The fourth-order valence-corrected chi connectivity index (χ4v) is 4.01. The van der Waals surface area contributed by atoms with Crippen molar-refractivity contribution in [2.75, 3.05) is 26.8 Å². The highest BCUT2D eigenvalue weighted by molar-refractivity contribution is 5.83. The molecule has 2 aromatic heterocycles. The average Bonchev–Trinajstić information content (AvgIpc) is 3.20. The second kappa shape index (κ2) is 8.16. The van der Waals surface area contributed by atoms with E-state index in [1.54, 1.807) is 13.3 Å². The van der Waals surface area contributed by atoms with Gasteiger partial charge < -0.3 is 19.4 Å². The fourth-order valence-electron chi connectivity index (χ4n) is 4.01. The normalized spacial score (nSPS) is 17.9. The van der Waals surface area contributed by atoms with E-state index in [2.05, 4.69) is 14.9 Å². The number of pyridine rings is 1. The lowest BCUT2D eigenvalue weighted by Gasteiger charge is -2.34. The first kappa shape index (κ1) is 18.7. The summed E-state index contributed by atoms with van der Waals surface area (Å²) in [6, 6.07) is 7.68. The fraction of sp³-hybridized carbons (Fsp3) is 0.429. The first-order chi connectivity index (χ1) is 13.7. The largest absolute Gasteiger partial charge is 0.497 e. The van der Waals surface area contributed by atoms with Gasteiger partial charge in [-0.2, -0.15) is 0 Å². The molecule has 1 aromatic carbocycles.